The molecule has 0 aliphatic carbocycles. The van der Waals surface area contributed by atoms with Gasteiger partial charge in [-0.1, -0.05) is 120 Å². The molecule has 1 aromatic heterocycles. The lowest BCUT2D eigenvalue weighted by molar-refractivity contribution is 1.02. The van der Waals surface area contributed by atoms with E-state index in [4.69, 9.17) is 4.98 Å². The zero-order valence-electron chi connectivity index (χ0n) is 21.0. The van der Waals surface area contributed by atoms with Crippen LogP contribution in [0.15, 0.2) is 67.0 Å². The molecule has 0 aliphatic rings. The van der Waals surface area contributed by atoms with Crippen molar-refractivity contribution in [3.8, 4) is 22.3 Å². The van der Waals surface area contributed by atoms with Gasteiger partial charge in [0.25, 0.3) is 0 Å². The third kappa shape index (κ3) is 5.50. The SMILES string of the molecule is CC(C)P(c1ccccc1-c1cncc(-c2ccccc2P(C(C)C)C(C)C)c1)C(C)C. The molecule has 0 saturated carbocycles. The van der Waals surface area contributed by atoms with E-state index in [9.17, 15) is 0 Å². The Bertz CT molecular complexity index is 928. The van der Waals surface area contributed by atoms with Crippen molar-refractivity contribution in [2.45, 2.75) is 78.0 Å². The first-order chi connectivity index (χ1) is 15.2. The van der Waals surface area contributed by atoms with Crippen LogP contribution in [0.4, 0.5) is 0 Å². The van der Waals surface area contributed by atoms with Gasteiger partial charge >= 0.3 is 0 Å². The van der Waals surface area contributed by atoms with Gasteiger partial charge in [0, 0.05) is 23.5 Å². The van der Waals surface area contributed by atoms with Crippen molar-refractivity contribution in [1.29, 1.82) is 0 Å². The van der Waals surface area contributed by atoms with Crippen LogP contribution in [0.2, 0.25) is 0 Å². The molecule has 0 N–H and O–H groups in total. The fourth-order valence-corrected chi connectivity index (χ4v) is 11.0. The van der Waals surface area contributed by atoms with Gasteiger partial charge < -0.3 is 0 Å². The second kappa shape index (κ2) is 11.0. The maximum absolute atomic E-state index is 4.73. The van der Waals surface area contributed by atoms with Crippen molar-refractivity contribution < 1.29 is 0 Å². The van der Waals surface area contributed by atoms with Crippen LogP contribution in [0, 0.1) is 0 Å². The molecule has 0 fully saturated rings. The molecular weight excluding hydrogens is 424 g/mol. The van der Waals surface area contributed by atoms with Crippen molar-refractivity contribution in [3.05, 3.63) is 67.0 Å². The molecule has 0 atom stereocenters. The van der Waals surface area contributed by atoms with E-state index in [1.165, 1.54) is 32.9 Å². The maximum atomic E-state index is 4.73. The topological polar surface area (TPSA) is 12.9 Å². The Morgan fingerprint density at radius 1 is 0.531 bits per heavy atom. The highest BCUT2D eigenvalue weighted by molar-refractivity contribution is 7.67. The Morgan fingerprint density at radius 2 is 0.875 bits per heavy atom. The minimum atomic E-state index is -0.240. The predicted octanol–water partition coefficient (Wildman–Crippen LogP) is 8.26. The van der Waals surface area contributed by atoms with Crippen LogP contribution in [0.25, 0.3) is 22.3 Å². The second-order valence-electron chi connectivity index (χ2n) is 9.69. The summed E-state index contributed by atoms with van der Waals surface area (Å²) >= 11 is 0. The standard InChI is InChI=1S/C29H39NP2/c1-20(2)31(21(3)4)28-15-11-9-13-26(28)24-17-25(19-30-18-24)27-14-10-12-16-29(27)32(22(5)6)23(7)8/h9-23H,1-8H3. The van der Waals surface area contributed by atoms with Crippen LogP contribution >= 0.6 is 15.8 Å². The highest BCUT2D eigenvalue weighted by atomic mass is 31.1. The molecule has 170 valence electrons. The lowest BCUT2D eigenvalue weighted by Crippen LogP contribution is -2.17. The minimum Gasteiger partial charge on any atom is -0.263 e. The van der Waals surface area contributed by atoms with Crippen molar-refractivity contribution in [2.75, 3.05) is 0 Å². The number of pyridine rings is 1. The minimum absolute atomic E-state index is 0.240. The summed E-state index contributed by atoms with van der Waals surface area (Å²) in [6.07, 6.45) is 4.10. The van der Waals surface area contributed by atoms with Gasteiger partial charge in [0.1, 0.15) is 0 Å². The van der Waals surface area contributed by atoms with Gasteiger partial charge in [-0.25, -0.2) is 0 Å². The summed E-state index contributed by atoms with van der Waals surface area (Å²) < 4.78 is 0. The number of rotatable bonds is 8. The molecule has 1 nitrogen and oxygen atoms in total. The molecular formula is C29H39NP2. The Hall–Kier alpha value is -1.55. The van der Waals surface area contributed by atoms with E-state index in [0.29, 0.717) is 22.6 Å². The van der Waals surface area contributed by atoms with Crippen molar-refractivity contribution in [1.82, 2.24) is 4.98 Å². The zero-order chi connectivity index (χ0) is 23.4. The summed E-state index contributed by atoms with van der Waals surface area (Å²) in [5.74, 6) is 0. The normalized spacial score (nSPS) is 12.2. The lowest BCUT2D eigenvalue weighted by atomic mass is 10.0. The highest BCUT2D eigenvalue weighted by Crippen LogP contribution is 2.48. The average molecular weight is 464 g/mol. The van der Waals surface area contributed by atoms with Gasteiger partial charge in [0.05, 0.1) is 0 Å². The summed E-state index contributed by atoms with van der Waals surface area (Å²) in [6, 6.07) is 20.4. The third-order valence-electron chi connectivity index (χ3n) is 5.95. The first-order valence-electron chi connectivity index (χ1n) is 11.9. The van der Waals surface area contributed by atoms with Crippen LogP contribution in [-0.4, -0.2) is 27.6 Å². The second-order valence-corrected chi connectivity index (χ2v) is 16.4. The molecule has 0 amide bonds. The molecule has 1 heterocycles. The smallest absolute Gasteiger partial charge is 0.0347 e. The average Bonchev–Trinajstić information content (AvgIpc) is 2.74. The zero-order valence-corrected chi connectivity index (χ0v) is 22.8. The number of benzene rings is 2. The molecule has 3 aromatic rings. The van der Waals surface area contributed by atoms with Crippen molar-refractivity contribution >= 4 is 26.5 Å². The van der Waals surface area contributed by atoms with E-state index in [1.54, 1.807) is 0 Å². The van der Waals surface area contributed by atoms with Crippen LogP contribution in [0.3, 0.4) is 0 Å². The predicted molar refractivity (Wildman–Crippen MR) is 149 cm³/mol. The van der Waals surface area contributed by atoms with Gasteiger partial charge in [-0.15, -0.1) is 0 Å². The monoisotopic (exact) mass is 463 g/mol. The molecule has 3 rings (SSSR count). The van der Waals surface area contributed by atoms with E-state index in [1.807, 2.05) is 12.4 Å². The van der Waals surface area contributed by atoms with Crippen molar-refractivity contribution in [3.63, 3.8) is 0 Å². The van der Waals surface area contributed by atoms with Gasteiger partial charge in [0.15, 0.2) is 0 Å². The van der Waals surface area contributed by atoms with Crippen LogP contribution in [-0.2, 0) is 0 Å². The van der Waals surface area contributed by atoms with E-state index in [-0.39, 0.29) is 15.8 Å². The molecule has 3 heteroatoms. The maximum Gasteiger partial charge on any atom is 0.0347 e. The number of aromatic nitrogens is 1. The fourth-order valence-electron chi connectivity index (χ4n) is 4.93. The van der Waals surface area contributed by atoms with Gasteiger partial charge in [-0.05, 0) is 50.4 Å². The number of hydrogen-bond donors (Lipinski definition) is 0. The van der Waals surface area contributed by atoms with Gasteiger partial charge in [0.2, 0.25) is 0 Å². The molecule has 32 heavy (non-hydrogen) atoms. The van der Waals surface area contributed by atoms with Crippen LogP contribution in [0.5, 0.6) is 0 Å². The largest absolute Gasteiger partial charge is 0.263 e. The molecule has 0 saturated heterocycles. The molecule has 0 unspecified atom stereocenters. The third-order valence-corrected chi connectivity index (χ3v) is 12.3. The van der Waals surface area contributed by atoms with Crippen LogP contribution in [0.1, 0.15) is 55.4 Å². The molecule has 0 aliphatic heterocycles. The fraction of sp³-hybridized carbons (Fsp3) is 0.414. The molecule has 0 bridgehead atoms. The lowest BCUT2D eigenvalue weighted by Gasteiger charge is -2.29. The van der Waals surface area contributed by atoms with E-state index in [2.05, 4.69) is 110 Å². The number of hydrogen-bond acceptors (Lipinski definition) is 1. The Balaban J connectivity index is 2.14. The first-order valence-corrected chi connectivity index (χ1v) is 14.9. The van der Waals surface area contributed by atoms with Gasteiger partial charge in [-0.2, -0.15) is 0 Å². The Morgan fingerprint density at radius 3 is 1.22 bits per heavy atom. The van der Waals surface area contributed by atoms with E-state index in [0.717, 1.165) is 0 Å². The van der Waals surface area contributed by atoms with Crippen LogP contribution < -0.4 is 10.6 Å². The highest BCUT2D eigenvalue weighted by Gasteiger charge is 2.24. The number of nitrogens with zero attached hydrogens (tertiary/aromatic N) is 1. The summed E-state index contributed by atoms with van der Waals surface area (Å²) in [5.41, 5.74) is 7.80. The Kier molecular flexibility index (Phi) is 8.66. The Labute approximate surface area is 198 Å². The summed E-state index contributed by atoms with van der Waals surface area (Å²) in [7, 11) is -0.481. The molecule has 2 aromatic carbocycles. The summed E-state index contributed by atoms with van der Waals surface area (Å²) in [5, 5.41) is 3.01. The van der Waals surface area contributed by atoms with Gasteiger partial charge in [-0.3, -0.25) is 4.98 Å². The molecule has 0 spiro atoms. The first kappa shape index (κ1) is 25.1. The van der Waals surface area contributed by atoms with E-state index < -0.39 is 0 Å². The molecule has 0 radical (unpaired) electrons. The summed E-state index contributed by atoms with van der Waals surface area (Å²) in [6.45, 7) is 18.9. The van der Waals surface area contributed by atoms with E-state index >= 15 is 0 Å². The summed E-state index contributed by atoms with van der Waals surface area (Å²) in [4.78, 5) is 4.73. The van der Waals surface area contributed by atoms with Crippen molar-refractivity contribution in [2.24, 2.45) is 0 Å². The quantitative estimate of drug-likeness (QED) is 0.306.